The Labute approximate surface area is 166 Å². The van der Waals surface area contributed by atoms with E-state index in [0.29, 0.717) is 5.92 Å². The zero-order chi connectivity index (χ0) is 20.1. The van der Waals surface area contributed by atoms with E-state index in [4.69, 9.17) is 5.11 Å². The van der Waals surface area contributed by atoms with Crippen LogP contribution in [-0.2, 0) is 14.8 Å². The molecule has 6 nitrogen and oxygen atoms in total. The Bertz CT molecular complexity index is 890. The molecule has 0 saturated carbocycles. The number of benzene rings is 2. The van der Waals surface area contributed by atoms with Crippen molar-refractivity contribution in [2.24, 2.45) is 0 Å². The first kappa shape index (κ1) is 20.4. The number of sulfonamides is 1. The second kappa shape index (κ2) is 8.75. The molecule has 28 heavy (non-hydrogen) atoms. The minimum atomic E-state index is -3.86. The minimum Gasteiger partial charge on any atom is -0.480 e. The maximum Gasteiger partial charge on any atom is 0.321 e. The van der Waals surface area contributed by atoms with Gasteiger partial charge in [0.1, 0.15) is 6.04 Å². The number of carboxylic acid groups (broad SMARTS) is 1. The molecule has 1 saturated heterocycles. The van der Waals surface area contributed by atoms with Crippen LogP contribution >= 0.6 is 0 Å². The molecule has 2 aromatic carbocycles. The summed E-state index contributed by atoms with van der Waals surface area (Å²) in [6.07, 6.45) is 2.30. The highest BCUT2D eigenvalue weighted by Gasteiger charge is 2.25. The van der Waals surface area contributed by atoms with Crippen LogP contribution in [-0.4, -0.2) is 38.6 Å². The van der Waals surface area contributed by atoms with Gasteiger partial charge in [0.05, 0.1) is 4.90 Å². The maximum atomic E-state index is 12.4. The molecule has 1 fully saturated rings. The highest BCUT2D eigenvalue weighted by molar-refractivity contribution is 7.89. The molecule has 1 aliphatic heterocycles. The molecule has 0 spiro atoms. The molecule has 0 aromatic heterocycles. The molecule has 150 valence electrons. The highest BCUT2D eigenvalue weighted by atomic mass is 32.2. The van der Waals surface area contributed by atoms with Crippen molar-refractivity contribution in [3.8, 4) is 0 Å². The van der Waals surface area contributed by atoms with Crippen LogP contribution in [0.5, 0.6) is 0 Å². The molecule has 0 bridgehead atoms. The fourth-order valence-electron chi connectivity index (χ4n) is 3.60. The summed E-state index contributed by atoms with van der Waals surface area (Å²) in [4.78, 5) is 13.4. The zero-order valence-electron chi connectivity index (χ0n) is 15.9. The van der Waals surface area contributed by atoms with Crippen molar-refractivity contribution in [3.63, 3.8) is 0 Å². The van der Waals surface area contributed by atoms with Crippen molar-refractivity contribution in [1.29, 1.82) is 0 Å². The van der Waals surface area contributed by atoms with E-state index in [1.807, 2.05) is 6.07 Å². The van der Waals surface area contributed by atoms with Gasteiger partial charge >= 0.3 is 5.97 Å². The standard InChI is InChI=1S/C21H26N2O4S/c1-2-20(21(24)25)22-28(26,27)19-10-8-18(9-11-19)23-14-12-17(13-15-23)16-6-4-3-5-7-16/h3-11,17,20,22H,2,12-15H2,1H3,(H,24,25). The lowest BCUT2D eigenvalue weighted by Gasteiger charge is -2.34. The third-order valence-corrected chi connectivity index (χ3v) is 6.77. The summed E-state index contributed by atoms with van der Waals surface area (Å²) in [6.45, 7) is 3.46. The number of piperidine rings is 1. The van der Waals surface area contributed by atoms with Crippen LogP contribution in [0.15, 0.2) is 59.5 Å². The molecule has 3 rings (SSSR count). The Kier molecular flexibility index (Phi) is 6.36. The summed E-state index contributed by atoms with van der Waals surface area (Å²) in [5, 5.41) is 9.07. The first-order chi connectivity index (χ1) is 13.4. The minimum absolute atomic E-state index is 0.0788. The number of aliphatic carboxylic acids is 1. The Morgan fingerprint density at radius 1 is 1.11 bits per heavy atom. The van der Waals surface area contributed by atoms with Gasteiger partial charge < -0.3 is 10.0 Å². The van der Waals surface area contributed by atoms with Crippen molar-refractivity contribution in [2.75, 3.05) is 18.0 Å². The first-order valence-corrected chi connectivity index (χ1v) is 11.0. The lowest BCUT2D eigenvalue weighted by atomic mass is 9.89. The van der Waals surface area contributed by atoms with Crippen LogP contribution in [0.25, 0.3) is 0 Å². The molecule has 0 aliphatic carbocycles. The summed E-state index contributed by atoms with van der Waals surface area (Å²) in [5.41, 5.74) is 2.36. The fourth-order valence-corrected chi connectivity index (χ4v) is 4.87. The molecule has 1 aliphatic rings. The van der Waals surface area contributed by atoms with E-state index in [-0.39, 0.29) is 11.3 Å². The van der Waals surface area contributed by atoms with Crippen molar-refractivity contribution in [3.05, 3.63) is 60.2 Å². The summed E-state index contributed by atoms with van der Waals surface area (Å²) in [7, 11) is -3.86. The van der Waals surface area contributed by atoms with Gasteiger partial charge in [-0.25, -0.2) is 8.42 Å². The topological polar surface area (TPSA) is 86.7 Å². The van der Waals surface area contributed by atoms with Gasteiger partial charge in [0.25, 0.3) is 0 Å². The molecule has 0 amide bonds. The summed E-state index contributed by atoms with van der Waals surface area (Å²) < 4.78 is 27.1. The molecule has 0 radical (unpaired) electrons. The van der Waals surface area contributed by atoms with E-state index >= 15 is 0 Å². The Morgan fingerprint density at radius 2 is 1.71 bits per heavy atom. The van der Waals surface area contributed by atoms with E-state index in [9.17, 15) is 13.2 Å². The first-order valence-electron chi connectivity index (χ1n) is 9.56. The quantitative estimate of drug-likeness (QED) is 0.743. The van der Waals surface area contributed by atoms with E-state index in [1.165, 1.54) is 17.7 Å². The number of carbonyl (C=O) groups is 1. The van der Waals surface area contributed by atoms with Crippen molar-refractivity contribution >= 4 is 21.7 Å². The van der Waals surface area contributed by atoms with Gasteiger partial charge in [0.15, 0.2) is 0 Å². The maximum absolute atomic E-state index is 12.4. The Morgan fingerprint density at radius 3 is 2.25 bits per heavy atom. The van der Waals surface area contributed by atoms with Crippen LogP contribution < -0.4 is 9.62 Å². The molecule has 2 N–H and O–H groups in total. The predicted octanol–water partition coefficient (Wildman–Crippen LogP) is 3.21. The number of hydrogen-bond donors (Lipinski definition) is 2. The predicted molar refractivity (Wildman–Crippen MR) is 109 cm³/mol. The second-order valence-electron chi connectivity index (χ2n) is 7.09. The molecule has 1 unspecified atom stereocenters. The average Bonchev–Trinajstić information content (AvgIpc) is 2.73. The van der Waals surface area contributed by atoms with Gasteiger partial charge in [-0.2, -0.15) is 4.72 Å². The number of carboxylic acids is 1. The molecule has 2 aromatic rings. The Balaban J connectivity index is 1.64. The number of anilines is 1. The molecule has 1 heterocycles. The SMILES string of the molecule is CCC(NS(=O)(=O)c1ccc(N2CCC(c3ccccc3)CC2)cc1)C(=O)O. The number of rotatable bonds is 7. The zero-order valence-corrected chi connectivity index (χ0v) is 16.7. The van der Waals surface area contributed by atoms with Gasteiger partial charge in [-0.15, -0.1) is 0 Å². The van der Waals surface area contributed by atoms with Crippen LogP contribution in [0.3, 0.4) is 0 Å². The largest absolute Gasteiger partial charge is 0.480 e. The number of nitrogens with zero attached hydrogens (tertiary/aromatic N) is 1. The van der Waals surface area contributed by atoms with Gasteiger partial charge in [0.2, 0.25) is 10.0 Å². The number of nitrogens with one attached hydrogen (secondary N) is 1. The van der Waals surface area contributed by atoms with Crippen LogP contribution in [0.2, 0.25) is 0 Å². The molecule has 1 atom stereocenters. The molecular weight excluding hydrogens is 376 g/mol. The fraction of sp³-hybridized carbons (Fsp3) is 0.381. The highest BCUT2D eigenvalue weighted by Crippen LogP contribution is 2.30. The average molecular weight is 403 g/mol. The van der Waals surface area contributed by atoms with Crippen molar-refractivity contribution in [1.82, 2.24) is 4.72 Å². The van der Waals surface area contributed by atoms with E-state index < -0.39 is 22.0 Å². The van der Waals surface area contributed by atoms with E-state index in [0.717, 1.165) is 31.6 Å². The van der Waals surface area contributed by atoms with Gasteiger partial charge in [-0.1, -0.05) is 37.3 Å². The smallest absolute Gasteiger partial charge is 0.321 e. The normalized spacial score (nSPS) is 16.7. The van der Waals surface area contributed by atoms with Crippen molar-refractivity contribution < 1.29 is 18.3 Å². The lowest BCUT2D eigenvalue weighted by molar-refractivity contribution is -0.139. The van der Waals surface area contributed by atoms with Crippen LogP contribution in [0, 0.1) is 0 Å². The third-order valence-electron chi connectivity index (χ3n) is 5.28. The van der Waals surface area contributed by atoms with Gasteiger partial charge in [0, 0.05) is 18.8 Å². The summed E-state index contributed by atoms with van der Waals surface area (Å²) in [5.74, 6) is -0.618. The van der Waals surface area contributed by atoms with Crippen LogP contribution in [0.4, 0.5) is 5.69 Å². The summed E-state index contributed by atoms with van der Waals surface area (Å²) in [6, 6.07) is 16.1. The van der Waals surface area contributed by atoms with Crippen molar-refractivity contribution in [2.45, 2.75) is 43.0 Å². The lowest BCUT2D eigenvalue weighted by Crippen LogP contribution is -2.40. The summed E-state index contributed by atoms with van der Waals surface area (Å²) >= 11 is 0. The van der Waals surface area contributed by atoms with Gasteiger partial charge in [-0.05, 0) is 55.0 Å². The van der Waals surface area contributed by atoms with Crippen LogP contribution in [0.1, 0.15) is 37.7 Å². The second-order valence-corrected chi connectivity index (χ2v) is 8.80. The molecule has 7 heteroatoms. The third kappa shape index (κ3) is 4.72. The molecular formula is C21H26N2O4S. The Hall–Kier alpha value is -2.38. The van der Waals surface area contributed by atoms with E-state index in [1.54, 1.807) is 19.1 Å². The van der Waals surface area contributed by atoms with Gasteiger partial charge in [-0.3, -0.25) is 4.79 Å². The number of hydrogen-bond acceptors (Lipinski definition) is 4. The monoisotopic (exact) mass is 402 g/mol. The van der Waals surface area contributed by atoms with E-state index in [2.05, 4.69) is 33.9 Å².